The second-order valence-electron chi connectivity index (χ2n) is 12.9. The molecule has 7 N–H and O–H groups in total. The Labute approximate surface area is 413 Å². The first-order chi connectivity index (χ1) is 26.6. The van der Waals surface area contributed by atoms with Crippen molar-refractivity contribution in [2.45, 2.75) is 57.3 Å². The number of aromatic nitrogens is 4. The number of thioether (sulfide) groups is 1. The molecule has 4 rings (SSSR count). The fraction of sp³-hybridized carbons (Fsp3) is 0.517. The first kappa shape index (κ1) is 57.8. The van der Waals surface area contributed by atoms with Gasteiger partial charge in [-0.25, -0.2) is 19.3 Å². The van der Waals surface area contributed by atoms with Crippen molar-refractivity contribution in [2.75, 3.05) is 37.8 Å². The fourth-order valence-corrected chi connectivity index (χ4v) is 8.54. The first-order valence-electron chi connectivity index (χ1n) is 16.6. The van der Waals surface area contributed by atoms with Gasteiger partial charge < -0.3 is 64.5 Å². The number of amides is 2. The molecule has 60 heavy (non-hydrogen) atoms. The van der Waals surface area contributed by atoms with Crippen LogP contribution in [0.5, 0.6) is 0 Å². The van der Waals surface area contributed by atoms with Crippen LogP contribution in [-0.2, 0) is 57.1 Å². The number of carbonyl (C=O) groups is 3. The van der Waals surface area contributed by atoms with Gasteiger partial charge in [0.1, 0.15) is 36.3 Å². The Morgan fingerprint density at radius 1 is 1.02 bits per heavy atom. The van der Waals surface area contributed by atoms with Gasteiger partial charge in [-0.2, -0.15) is 0 Å². The number of carbonyl (C=O) groups excluding carboxylic acids is 3. The normalized spacial score (nSPS) is 21.1. The number of aliphatic hydroxyl groups excluding tert-OH is 2. The zero-order chi connectivity index (χ0) is 42.2. The molecule has 3 aromatic rings. The number of hydrogen-bond donors (Lipinski definition) is 6. The van der Waals surface area contributed by atoms with E-state index in [0.717, 1.165) is 34.5 Å². The smallest absolute Gasteiger partial charge is 0.756 e. The summed E-state index contributed by atoms with van der Waals surface area (Å²) in [5.74, 6) is -1.22. The summed E-state index contributed by atoms with van der Waals surface area (Å²) < 4.78 is 60.8. The summed E-state index contributed by atoms with van der Waals surface area (Å²) in [7, 11) is -17.3. The molecular weight excluding hydrogens is 912 g/mol. The molecule has 1 saturated heterocycles. The Morgan fingerprint density at radius 2 is 1.67 bits per heavy atom. The van der Waals surface area contributed by atoms with Crippen LogP contribution in [0.4, 0.5) is 5.82 Å². The summed E-state index contributed by atoms with van der Waals surface area (Å²) in [6, 6.07) is 9.13. The van der Waals surface area contributed by atoms with Gasteiger partial charge in [0.15, 0.2) is 22.8 Å². The van der Waals surface area contributed by atoms with E-state index in [1.807, 2.05) is 30.3 Å². The zero-order valence-corrected chi connectivity index (χ0v) is 42.6. The zero-order valence-electron chi connectivity index (χ0n) is 33.1. The topological polar surface area (TPSA) is 372 Å². The number of nitrogens with one attached hydrogen (secondary N) is 2. The van der Waals surface area contributed by atoms with Gasteiger partial charge in [0.25, 0.3) is 23.5 Å². The summed E-state index contributed by atoms with van der Waals surface area (Å²) in [5, 5.41) is 26.2. The van der Waals surface area contributed by atoms with Gasteiger partial charge in [0.2, 0.25) is 11.8 Å². The van der Waals surface area contributed by atoms with Crippen LogP contribution in [0.15, 0.2) is 43.0 Å². The van der Waals surface area contributed by atoms with Crippen molar-refractivity contribution in [1.29, 1.82) is 0 Å². The average molecular weight is 952 g/mol. The minimum absolute atomic E-state index is 0. The Kier molecular flexibility index (Phi) is 24.5. The molecule has 31 heteroatoms. The van der Waals surface area contributed by atoms with E-state index in [9.17, 15) is 57.9 Å². The van der Waals surface area contributed by atoms with Crippen LogP contribution in [0, 0.1) is 5.41 Å². The van der Waals surface area contributed by atoms with Crippen LogP contribution >= 0.6 is 35.2 Å². The number of phosphoric acid groups is 3. The van der Waals surface area contributed by atoms with Crippen LogP contribution in [0.3, 0.4) is 0 Å². The van der Waals surface area contributed by atoms with Crippen molar-refractivity contribution in [2.24, 2.45) is 5.41 Å². The minimum Gasteiger partial charge on any atom is -0.756 e. The third-order valence-electron chi connectivity index (χ3n) is 7.94. The fourth-order valence-electron chi connectivity index (χ4n) is 5.09. The maximum absolute atomic E-state index is 12.5. The van der Waals surface area contributed by atoms with E-state index in [2.05, 4.69) is 43.5 Å². The quantitative estimate of drug-likeness (QED) is 0.0328. The maximum atomic E-state index is 12.5. The SMILES string of the molecule is CC(C)(COP(=O)([O-])OP(=O)([O-])OCC1OC(n2cnc3c(N)ncnc32)C(O)C1OP(=O)([O-])O)C(O)C(=O)NCCC(=O)NCCSC(=O)Cc1ccccc1.[Na+].[Na+].[Na+]. The second kappa shape index (κ2) is 25.5. The van der Waals surface area contributed by atoms with Crippen molar-refractivity contribution in [1.82, 2.24) is 30.2 Å². The molecule has 1 aliphatic heterocycles. The molecule has 2 aromatic heterocycles. The van der Waals surface area contributed by atoms with Gasteiger partial charge in [-0.1, -0.05) is 55.9 Å². The number of phosphoric ester groups is 3. The maximum Gasteiger partial charge on any atom is 1.00 e. The van der Waals surface area contributed by atoms with Crippen LogP contribution < -0.4 is 120 Å². The standard InChI is InChI=1S/C29H42N7O17P3S.3Na/c1-29(2,24(40)27(41)32-9-8-19(37)31-10-11-57-20(38)12-17-6-4-3-5-7-17)14-50-56(47,48)53-55(45,46)49-13-18-23(52-54(42,43)44)22(39)28(51-18)36-16-35-21-25(30)33-15-34-26(21)36;;;/h3-7,15-16,18,22-24,28,39-40H,8-14H2,1-2H3,(H,31,37)(H,32,41)(H,45,46)(H,47,48)(H2,30,33,34)(H2,42,43,44);;;/q;3*+1/p-3. The molecule has 1 fully saturated rings. The Bertz CT molecular complexity index is 2040. The third kappa shape index (κ3) is 18.0. The van der Waals surface area contributed by atoms with Gasteiger partial charge >= 0.3 is 88.7 Å². The van der Waals surface area contributed by atoms with Gasteiger partial charge in [-0.15, -0.1) is 0 Å². The van der Waals surface area contributed by atoms with E-state index in [4.69, 9.17) is 10.5 Å². The third-order valence-corrected chi connectivity index (χ3v) is 11.8. The first-order valence-corrected chi connectivity index (χ1v) is 22.0. The van der Waals surface area contributed by atoms with E-state index >= 15 is 0 Å². The van der Waals surface area contributed by atoms with E-state index in [1.165, 1.54) is 13.8 Å². The number of nitrogens with two attached hydrogens (primary N) is 1. The van der Waals surface area contributed by atoms with E-state index in [0.29, 0.717) is 5.75 Å². The summed E-state index contributed by atoms with van der Waals surface area (Å²) in [4.78, 5) is 94.2. The second-order valence-corrected chi connectivity index (χ2v) is 18.1. The van der Waals surface area contributed by atoms with E-state index in [-0.39, 0.29) is 137 Å². The molecule has 8 atom stereocenters. The Hall–Kier alpha value is -0.220. The average Bonchev–Trinajstić information content (AvgIpc) is 3.68. The number of imidazole rings is 1. The molecule has 0 bridgehead atoms. The summed E-state index contributed by atoms with van der Waals surface area (Å²) >= 11 is 1.06. The number of rotatable bonds is 21. The van der Waals surface area contributed by atoms with Gasteiger partial charge in [0.05, 0.1) is 19.5 Å². The number of nitrogen functional groups attached to an aromatic ring is 1. The van der Waals surface area contributed by atoms with Gasteiger partial charge in [0, 0.05) is 37.1 Å². The number of nitrogens with zero attached hydrogens (tertiary/aromatic N) is 4. The Balaban J connectivity index is 0.00000600. The molecular formula is C29H39N7Na3O17P3S. The van der Waals surface area contributed by atoms with Crippen LogP contribution in [-0.4, -0.2) is 108 Å². The monoisotopic (exact) mass is 951 g/mol. The van der Waals surface area contributed by atoms with Crippen molar-refractivity contribution in [3.63, 3.8) is 0 Å². The summed E-state index contributed by atoms with van der Waals surface area (Å²) in [6.07, 6.45) is -7.15. The summed E-state index contributed by atoms with van der Waals surface area (Å²) in [6.45, 7) is 0.126. The molecule has 0 spiro atoms. The number of fused-ring (bicyclic) bond motifs is 1. The summed E-state index contributed by atoms with van der Waals surface area (Å²) in [5.41, 5.74) is 4.97. The molecule has 0 saturated carbocycles. The molecule has 0 aliphatic carbocycles. The predicted molar refractivity (Wildman–Crippen MR) is 191 cm³/mol. The van der Waals surface area contributed by atoms with Crippen LogP contribution in [0.1, 0.15) is 32.1 Å². The predicted octanol–water partition coefficient (Wildman–Crippen LogP) is -11.0. The number of benzene rings is 1. The van der Waals surface area contributed by atoms with E-state index in [1.54, 1.807) is 0 Å². The molecule has 8 unspecified atom stereocenters. The minimum atomic E-state index is -5.90. The van der Waals surface area contributed by atoms with Crippen molar-refractivity contribution in [3.05, 3.63) is 48.5 Å². The van der Waals surface area contributed by atoms with Gasteiger partial charge in [-0.3, -0.25) is 32.6 Å². The number of anilines is 1. The largest absolute Gasteiger partial charge is 1.00 e. The molecule has 24 nitrogen and oxygen atoms in total. The van der Waals surface area contributed by atoms with E-state index < -0.39 is 84.6 Å². The van der Waals surface area contributed by atoms with Crippen molar-refractivity contribution in [3.8, 4) is 0 Å². The van der Waals surface area contributed by atoms with Crippen LogP contribution in [0.25, 0.3) is 11.2 Å². The molecule has 1 aromatic carbocycles. The number of aliphatic hydroxyl groups is 2. The molecule has 0 radical (unpaired) electrons. The number of hydrogen-bond acceptors (Lipinski definition) is 21. The Morgan fingerprint density at radius 3 is 2.32 bits per heavy atom. The van der Waals surface area contributed by atoms with Crippen molar-refractivity contribution >= 4 is 69.1 Å². The molecule has 1 aliphatic rings. The van der Waals surface area contributed by atoms with Crippen molar-refractivity contribution < 1.29 is 169 Å². The molecule has 2 amide bonds. The number of ether oxygens (including phenoxy) is 1. The van der Waals surface area contributed by atoms with Gasteiger partial charge in [-0.05, 0) is 5.56 Å². The molecule has 316 valence electrons. The molecule has 3 heterocycles. The van der Waals surface area contributed by atoms with Crippen LogP contribution in [0.2, 0.25) is 0 Å².